The van der Waals surface area contributed by atoms with Crippen molar-refractivity contribution >= 4 is 6.03 Å². The summed E-state index contributed by atoms with van der Waals surface area (Å²) in [6.07, 6.45) is 8.34. The van der Waals surface area contributed by atoms with Gasteiger partial charge in [-0.3, -0.25) is 9.88 Å². The van der Waals surface area contributed by atoms with Gasteiger partial charge < -0.3 is 9.80 Å². The van der Waals surface area contributed by atoms with Crippen molar-refractivity contribution in [2.75, 3.05) is 26.2 Å². The number of carbonyl (C=O) groups excluding carboxylic acids is 1. The Hall–Kier alpha value is -1.62. The number of pyridine rings is 1. The first-order chi connectivity index (χ1) is 10.8. The maximum Gasteiger partial charge on any atom is 0.320 e. The summed E-state index contributed by atoms with van der Waals surface area (Å²) in [5.41, 5.74) is 1.27. The van der Waals surface area contributed by atoms with Crippen molar-refractivity contribution in [1.29, 1.82) is 0 Å². The molecule has 5 nitrogen and oxygen atoms in total. The van der Waals surface area contributed by atoms with E-state index < -0.39 is 0 Å². The van der Waals surface area contributed by atoms with Crippen molar-refractivity contribution in [2.45, 2.75) is 44.3 Å². The van der Waals surface area contributed by atoms with Gasteiger partial charge in [0, 0.05) is 51.2 Å². The summed E-state index contributed by atoms with van der Waals surface area (Å²) in [4.78, 5) is 23.6. The molecule has 3 saturated heterocycles. The van der Waals surface area contributed by atoms with Gasteiger partial charge in [0.15, 0.2) is 0 Å². The van der Waals surface area contributed by atoms with Crippen molar-refractivity contribution in [3.63, 3.8) is 0 Å². The number of aromatic nitrogens is 1. The molecular formula is C17H24N4O. The maximum atomic E-state index is 12.7. The molecule has 4 rings (SSSR count). The zero-order valence-corrected chi connectivity index (χ0v) is 13.0. The van der Waals surface area contributed by atoms with Gasteiger partial charge in [-0.1, -0.05) is 6.07 Å². The van der Waals surface area contributed by atoms with Crippen LogP contribution in [0.2, 0.25) is 0 Å². The average Bonchev–Trinajstić information content (AvgIpc) is 3.26. The Balaban J connectivity index is 1.42. The molecule has 0 spiro atoms. The SMILES string of the molecule is O=C(N1CCCC1)N1CC[C@H]2[C@H]1CCN2Cc1cccnc1. The molecule has 3 fully saturated rings. The molecule has 0 saturated carbocycles. The number of fused-ring (bicyclic) bond motifs is 1. The van der Waals surface area contributed by atoms with Crippen molar-refractivity contribution in [3.8, 4) is 0 Å². The molecule has 22 heavy (non-hydrogen) atoms. The Bertz CT molecular complexity index is 529. The lowest BCUT2D eigenvalue weighted by atomic mass is 10.1. The quantitative estimate of drug-likeness (QED) is 0.838. The lowest BCUT2D eigenvalue weighted by molar-refractivity contribution is 0.154. The first-order valence-electron chi connectivity index (χ1n) is 8.51. The third kappa shape index (κ3) is 2.47. The van der Waals surface area contributed by atoms with Crippen LogP contribution in [-0.2, 0) is 6.54 Å². The number of hydrogen-bond donors (Lipinski definition) is 0. The van der Waals surface area contributed by atoms with E-state index in [0.29, 0.717) is 12.1 Å². The monoisotopic (exact) mass is 300 g/mol. The summed E-state index contributed by atoms with van der Waals surface area (Å²) in [5, 5.41) is 0. The molecule has 3 aliphatic heterocycles. The van der Waals surface area contributed by atoms with Crippen LogP contribution in [0, 0.1) is 0 Å². The molecule has 4 heterocycles. The zero-order chi connectivity index (χ0) is 14.9. The molecular weight excluding hydrogens is 276 g/mol. The molecule has 0 aliphatic carbocycles. The molecule has 118 valence electrons. The number of amides is 2. The highest BCUT2D eigenvalue weighted by Gasteiger charge is 2.45. The number of urea groups is 1. The van der Waals surface area contributed by atoms with Crippen LogP contribution >= 0.6 is 0 Å². The fourth-order valence-corrected chi connectivity index (χ4v) is 4.33. The fraction of sp³-hybridized carbons (Fsp3) is 0.647. The predicted molar refractivity (Wildman–Crippen MR) is 84.4 cm³/mol. The normalized spacial score (nSPS) is 28.4. The molecule has 2 atom stereocenters. The second kappa shape index (κ2) is 5.88. The summed E-state index contributed by atoms with van der Waals surface area (Å²) >= 11 is 0. The molecule has 5 heteroatoms. The molecule has 0 bridgehead atoms. The van der Waals surface area contributed by atoms with Crippen LogP contribution in [0.15, 0.2) is 24.5 Å². The fourth-order valence-electron chi connectivity index (χ4n) is 4.33. The third-order valence-electron chi connectivity index (χ3n) is 5.42. The van der Waals surface area contributed by atoms with Crippen molar-refractivity contribution < 1.29 is 4.79 Å². The Morgan fingerprint density at radius 1 is 1.14 bits per heavy atom. The lowest BCUT2D eigenvalue weighted by Crippen LogP contribution is -2.45. The largest absolute Gasteiger partial charge is 0.325 e. The molecule has 0 N–H and O–H groups in total. The second-order valence-electron chi connectivity index (χ2n) is 6.71. The molecule has 0 radical (unpaired) electrons. The van der Waals surface area contributed by atoms with Crippen molar-refractivity contribution in [3.05, 3.63) is 30.1 Å². The van der Waals surface area contributed by atoms with E-state index in [1.807, 2.05) is 23.4 Å². The molecule has 0 aromatic carbocycles. The first-order valence-corrected chi connectivity index (χ1v) is 8.51. The summed E-state index contributed by atoms with van der Waals surface area (Å²) in [7, 11) is 0. The van der Waals surface area contributed by atoms with E-state index in [1.54, 1.807) is 0 Å². The Morgan fingerprint density at radius 3 is 2.73 bits per heavy atom. The zero-order valence-electron chi connectivity index (χ0n) is 13.0. The lowest BCUT2D eigenvalue weighted by Gasteiger charge is -2.29. The van der Waals surface area contributed by atoms with Crippen LogP contribution in [0.25, 0.3) is 0 Å². The topological polar surface area (TPSA) is 39.7 Å². The first kappa shape index (κ1) is 14.0. The van der Waals surface area contributed by atoms with Gasteiger partial charge >= 0.3 is 6.03 Å². The molecule has 2 amide bonds. The molecule has 3 aliphatic rings. The van der Waals surface area contributed by atoms with E-state index in [2.05, 4.69) is 20.9 Å². The van der Waals surface area contributed by atoms with Gasteiger partial charge in [0.25, 0.3) is 0 Å². The number of rotatable bonds is 2. The van der Waals surface area contributed by atoms with E-state index in [0.717, 1.165) is 45.6 Å². The Kier molecular flexibility index (Phi) is 3.74. The van der Waals surface area contributed by atoms with E-state index in [1.165, 1.54) is 18.4 Å². The Morgan fingerprint density at radius 2 is 1.95 bits per heavy atom. The average molecular weight is 300 g/mol. The minimum Gasteiger partial charge on any atom is -0.325 e. The van der Waals surface area contributed by atoms with E-state index in [4.69, 9.17) is 0 Å². The maximum absolute atomic E-state index is 12.7. The molecule has 0 unspecified atom stereocenters. The van der Waals surface area contributed by atoms with Crippen LogP contribution in [0.3, 0.4) is 0 Å². The molecule has 1 aromatic rings. The van der Waals surface area contributed by atoms with E-state index in [-0.39, 0.29) is 6.03 Å². The highest BCUT2D eigenvalue weighted by molar-refractivity contribution is 5.75. The standard InChI is InChI=1S/C17H24N4O/c22-17(19-8-1-2-9-19)21-11-6-15-16(21)5-10-20(15)13-14-4-3-7-18-12-14/h3-4,7,12,15-16H,1-2,5-6,8-11,13H2/t15-,16+/m0/s1. The van der Waals surface area contributed by atoms with Gasteiger partial charge in [0.1, 0.15) is 0 Å². The van der Waals surface area contributed by atoms with Crippen LogP contribution in [-0.4, -0.2) is 64.0 Å². The third-order valence-corrected chi connectivity index (χ3v) is 5.42. The van der Waals surface area contributed by atoms with E-state index >= 15 is 0 Å². The number of likely N-dealkylation sites (tertiary alicyclic amines) is 3. The summed E-state index contributed by atoms with van der Waals surface area (Å²) < 4.78 is 0. The van der Waals surface area contributed by atoms with Gasteiger partial charge in [-0.05, 0) is 37.3 Å². The van der Waals surface area contributed by atoms with Crippen LogP contribution in [0.4, 0.5) is 4.79 Å². The van der Waals surface area contributed by atoms with Gasteiger partial charge in [0.05, 0.1) is 6.04 Å². The van der Waals surface area contributed by atoms with Crippen LogP contribution < -0.4 is 0 Å². The smallest absolute Gasteiger partial charge is 0.320 e. The minimum absolute atomic E-state index is 0.285. The highest BCUT2D eigenvalue weighted by atomic mass is 16.2. The predicted octanol–water partition coefficient (Wildman–Crippen LogP) is 1.95. The van der Waals surface area contributed by atoms with Crippen molar-refractivity contribution in [1.82, 2.24) is 19.7 Å². The summed E-state index contributed by atoms with van der Waals surface area (Å²) in [6.45, 7) is 4.88. The van der Waals surface area contributed by atoms with Gasteiger partial charge in [0.2, 0.25) is 0 Å². The number of nitrogens with zero attached hydrogens (tertiary/aromatic N) is 4. The number of carbonyl (C=O) groups is 1. The van der Waals surface area contributed by atoms with Gasteiger partial charge in [-0.2, -0.15) is 0 Å². The summed E-state index contributed by atoms with van der Waals surface area (Å²) in [6, 6.07) is 5.38. The Labute approximate surface area is 131 Å². The minimum atomic E-state index is 0.285. The molecule has 1 aromatic heterocycles. The van der Waals surface area contributed by atoms with Crippen LogP contribution in [0.5, 0.6) is 0 Å². The summed E-state index contributed by atoms with van der Waals surface area (Å²) in [5.74, 6) is 0. The van der Waals surface area contributed by atoms with E-state index in [9.17, 15) is 4.79 Å². The highest BCUT2D eigenvalue weighted by Crippen LogP contribution is 2.33. The number of hydrogen-bond acceptors (Lipinski definition) is 3. The van der Waals surface area contributed by atoms with Gasteiger partial charge in [-0.25, -0.2) is 4.79 Å². The van der Waals surface area contributed by atoms with Crippen molar-refractivity contribution in [2.24, 2.45) is 0 Å². The second-order valence-corrected chi connectivity index (χ2v) is 6.71. The van der Waals surface area contributed by atoms with Gasteiger partial charge in [-0.15, -0.1) is 0 Å². The van der Waals surface area contributed by atoms with Crippen LogP contribution in [0.1, 0.15) is 31.2 Å².